The molecule has 0 amide bonds. The van der Waals surface area contributed by atoms with Crippen LogP contribution in [0.1, 0.15) is 24.8 Å². The Labute approximate surface area is 112 Å². The van der Waals surface area contributed by atoms with Gasteiger partial charge in [0.2, 0.25) is 11.9 Å². The van der Waals surface area contributed by atoms with E-state index in [1.165, 1.54) is 19.3 Å². The monoisotopic (exact) mass is 258 g/mol. The summed E-state index contributed by atoms with van der Waals surface area (Å²) < 4.78 is 1.61. The van der Waals surface area contributed by atoms with Crippen LogP contribution in [0.5, 0.6) is 0 Å². The molecule has 0 saturated carbocycles. The summed E-state index contributed by atoms with van der Waals surface area (Å²) in [5, 5.41) is 4.49. The van der Waals surface area contributed by atoms with Crippen molar-refractivity contribution in [2.24, 2.45) is 0 Å². The number of aryl methyl sites for hydroxylation is 1. The molecule has 0 radical (unpaired) electrons. The first kappa shape index (κ1) is 12.0. The second-order valence-electron chi connectivity index (χ2n) is 4.92. The molecule has 0 bridgehead atoms. The van der Waals surface area contributed by atoms with Crippen LogP contribution < -0.4 is 10.6 Å². The lowest BCUT2D eigenvalue weighted by Gasteiger charge is -2.24. The lowest BCUT2D eigenvalue weighted by molar-refractivity contribution is 0.567. The molecular formula is C13H18N6. The summed E-state index contributed by atoms with van der Waals surface area (Å²) in [6.07, 6.45) is 5.42. The van der Waals surface area contributed by atoms with Crippen LogP contribution in [0.2, 0.25) is 0 Å². The fourth-order valence-corrected chi connectivity index (χ4v) is 2.35. The molecule has 2 aromatic heterocycles. The van der Waals surface area contributed by atoms with Crippen LogP contribution in [0.15, 0.2) is 18.3 Å². The zero-order valence-corrected chi connectivity index (χ0v) is 11.1. The van der Waals surface area contributed by atoms with Gasteiger partial charge in [-0.2, -0.15) is 9.67 Å². The Bertz CT molecular complexity index is 570. The van der Waals surface area contributed by atoms with Crippen molar-refractivity contribution in [3.05, 3.63) is 23.9 Å². The Hall–Kier alpha value is -2.11. The molecule has 0 unspecified atom stereocenters. The second-order valence-corrected chi connectivity index (χ2v) is 4.92. The lowest BCUT2D eigenvalue weighted by atomic mass is 10.1. The first-order chi connectivity index (χ1) is 9.24. The van der Waals surface area contributed by atoms with Crippen molar-refractivity contribution in [3.8, 4) is 5.82 Å². The summed E-state index contributed by atoms with van der Waals surface area (Å²) in [6.45, 7) is 4.03. The largest absolute Gasteiger partial charge is 0.368 e. The summed E-state index contributed by atoms with van der Waals surface area (Å²) in [6, 6.07) is 3.90. The molecule has 3 heterocycles. The minimum Gasteiger partial charge on any atom is -0.368 e. The van der Waals surface area contributed by atoms with Crippen LogP contribution in [-0.4, -0.2) is 32.8 Å². The summed E-state index contributed by atoms with van der Waals surface area (Å²) in [5.74, 6) is 1.81. The zero-order chi connectivity index (χ0) is 13.2. The molecule has 0 aromatic carbocycles. The van der Waals surface area contributed by atoms with E-state index in [0.29, 0.717) is 17.7 Å². The van der Waals surface area contributed by atoms with Gasteiger partial charge in [-0.3, -0.25) is 0 Å². The van der Waals surface area contributed by atoms with E-state index in [4.69, 9.17) is 5.73 Å². The summed E-state index contributed by atoms with van der Waals surface area (Å²) in [7, 11) is 0. The Balaban J connectivity index is 1.92. The summed E-state index contributed by atoms with van der Waals surface area (Å²) in [5.41, 5.74) is 7.08. The van der Waals surface area contributed by atoms with Crippen LogP contribution in [0, 0.1) is 6.92 Å². The Morgan fingerprint density at radius 1 is 1.21 bits per heavy atom. The SMILES string of the molecule is Cc1ccnc(-n2nc(N3CCCCC3)nc2N)c1. The number of hydrogen-bond donors (Lipinski definition) is 1. The maximum absolute atomic E-state index is 5.95. The fraction of sp³-hybridized carbons (Fsp3) is 0.462. The molecule has 100 valence electrons. The van der Waals surface area contributed by atoms with Crippen molar-refractivity contribution < 1.29 is 0 Å². The predicted octanol–water partition coefficient (Wildman–Crippen LogP) is 1.54. The van der Waals surface area contributed by atoms with Crippen molar-refractivity contribution in [3.63, 3.8) is 0 Å². The number of nitrogens with zero attached hydrogens (tertiary/aromatic N) is 5. The van der Waals surface area contributed by atoms with E-state index in [0.717, 1.165) is 18.7 Å². The average molecular weight is 258 g/mol. The first-order valence-corrected chi connectivity index (χ1v) is 6.64. The molecule has 6 nitrogen and oxygen atoms in total. The third-order valence-electron chi connectivity index (χ3n) is 3.38. The number of nitrogens with two attached hydrogens (primary N) is 1. The molecule has 1 aliphatic heterocycles. The minimum absolute atomic E-state index is 0.388. The molecule has 0 atom stereocenters. The number of hydrogen-bond acceptors (Lipinski definition) is 5. The molecule has 2 N–H and O–H groups in total. The number of pyridine rings is 1. The van der Waals surface area contributed by atoms with Crippen molar-refractivity contribution in [2.45, 2.75) is 26.2 Å². The molecule has 1 fully saturated rings. The Kier molecular flexibility index (Phi) is 3.06. The van der Waals surface area contributed by atoms with Gasteiger partial charge in [0.25, 0.3) is 0 Å². The predicted molar refractivity (Wildman–Crippen MR) is 74.4 cm³/mol. The van der Waals surface area contributed by atoms with Gasteiger partial charge in [-0.1, -0.05) is 0 Å². The van der Waals surface area contributed by atoms with Gasteiger partial charge < -0.3 is 10.6 Å². The minimum atomic E-state index is 0.388. The van der Waals surface area contributed by atoms with Gasteiger partial charge in [-0.15, -0.1) is 5.10 Å². The normalized spacial score (nSPS) is 15.7. The van der Waals surface area contributed by atoms with Crippen LogP contribution in [0.25, 0.3) is 5.82 Å². The lowest BCUT2D eigenvalue weighted by Crippen LogP contribution is -2.30. The maximum atomic E-state index is 5.95. The Morgan fingerprint density at radius 3 is 2.74 bits per heavy atom. The van der Waals surface area contributed by atoms with Crippen molar-refractivity contribution in [2.75, 3.05) is 23.7 Å². The Morgan fingerprint density at radius 2 is 2.00 bits per heavy atom. The van der Waals surface area contributed by atoms with Gasteiger partial charge in [-0.05, 0) is 43.9 Å². The smallest absolute Gasteiger partial charge is 0.247 e. The van der Waals surface area contributed by atoms with Gasteiger partial charge in [0.05, 0.1) is 0 Å². The summed E-state index contributed by atoms with van der Waals surface area (Å²) >= 11 is 0. The maximum Gasteiger partial charge on any atom is 0.247 e. The van der Waals surface area contributed by atoms with Crippen molar-refractivity contribution in [1.29, 1.82) is 0 Å². The fourth-order valence-electron chi connectivity index (χ4n) is 2.35. The molecule has 19 heavy (non-hydrogen) atoms. The molecule has 0 aliphatic carbocycles. The molecule has 2 aromatic rings. The van der Waals surface area contributed by atoms with E-state index < -0.39 is 0 Å². The van der Waals surface area contributed by atoms with Gasteiger partial charge >= 0.3 is 0 Å². The standard InChI is InChI=1S/C13H18N6/c1-10-5-6-15-11(9-10)19-12(14)16-13(17-19)18-7-3-2-4-8-18/h5-6,9H,2-4,7-8H2,1H3,(H2,14,16,17). The topological polar surface area (TPSA) is 72.9 Å². The van der Waals surface area contributed by atoms with E-state index in [1.807, 2.05) is 19.1 Å². The molecule has 6 heteroatoms. The zero-order valence-electron chi connectivity index (χ0n) is 11.1. The van der Waals surface area contributed by atoms with Gasteiger partial charge in [0.15, 0.2) is 5.82 Å². The first-order valence-electron chi connectivity index (χ1n) is 6.64. The van der Waals surface area contributed by atoms with Crippen LogP contribution in [-0.2, 0) is 0 Å². The van der Waals surface area contributed by atoms with Gasteiger partial charge in [0, 0.05) is 19.3 Å². The van der Waals surface area contributed by atoms with Crippen molar-refractivity contribution in [1.82, 2.24) is 19.7 Å². The third-order valence-corrected chi connectivity index (χ3v) is 3.38. The molecule has 1 aliphatic rings. The quantitative estimate of drug-likeness (QED) is 0.884. The highest BCUT2D eigenvalue weighted by Gasteiger charge is 2.17. The highest BCUT2D eigenvalue weighted by molar-refractivity contribution is 5.41. The molecule has 1 saturated heterocycles. The number of nitrogen functional groups attached to an aromatic ring is 1. The molecular weight excluding hydrogens is 240 g/mol. The highest BCUT2D eigenvalue weighted by Crippen LogP contribution is 2.19. The third kappa shape index (κ3) is 2.38. The van der Waals surface area contributed by atoms with Crippen LogP contribution in [0.3, 0.4) is 0 Å². The van der Waals surface area contributed by atoms with Crippen LogP contribution >= 0.6 is 0 Å². The van der Waals surface area contributed by atoms with E-state index in [1.54, 1.807) is 10.9 Å². The number of anilines is 2. The molecule has 0 spiro atoms. The number of aromatic nitrogens is 4. The van der Waals surface area contributed by atoms with E-state index >= 15 is 0 Å². The van der Waals surface area contributed by atoms with Gasteiger partial charge in [-0.25, -0.2) is 4.98 Å². The highest BCUT2D eigenvalue weighted by atomic mass is 15.5. The van der Waals surface area contributed by atoms with Gasteiger partial charge in [0.1, 0.15) is 0 Å². The van der Waals surface area contributed by atoms with E-state index in [-0.39, 0.29) is 0 Å². The second kappa shape index (κ2) is 4.87. The van der Waals surface area contributed by atoms with Crippen molar-refractivity contribution >= 4 is 11.9 Å². The number of piperidine rings is 1. The van der Waals surface area contributed by atoms with E-state index in [2.05, 4.69) is 20.0 Å². The summed E-state index contributed by atoms with van der Waals surface area (Å²) in [4.78, 5) is 10.8. The van der Waals surface area contributed by atoms with E-state index in [9.17, 15) is 0 Å². The number of rotatable bonds is 2. The van der Waals surface area contributed by atoms with Crippen LogP contribution in [0.4, 0.5) is 11.9 Å². The average Bonchev–Trinajstić information content (AvgIpc) is 2.82. The molecule has 3 rings (SSSR count).